The minimum absolute atomic E-state index is 0.0447. The van der Waals surface area contributed by atoms with E-state index in [9.17, 15) is 18.4 Å². The molecule has 0 bridgehead atoms. The van der Waals surface area contributed by atoms with Gasteiger partial charge < -0.3 is 10.1 Å². The predicted octanol–water partition coefficient (Wildman–Crippen LogP) is 3.09. The molecule has 0 fully saturated rings. The largest absolute Gasteiger partial charge is 0.385 e. The van der Waals surface area contributed by atoms with Crippen LogP contribution in [0.4, 0.5) is 14.5 Å². The van der Waals surface area contributed by atoms with Crippen molar-refractivity contribution in [2.75, 3.05) is 24.8 Å². The number of benzene rings is 2. The molecule has 0 atom stereocenters. The normalized spacial score (nSPS) is 11.3. The van der Waals surface area contributed by atoms with Crippen LogP contribution >= 0.6 is 11.8 Å². The number of hydrogen-bond acceptors (Lipinski definition) is 6. The summed E-state index contributed by atoms with van der Waals surface area (Å²) in [6, 6.07) is 10.2. The number of fused-ring (bicyclic) bond motifs is 3. The van der Waals surface area contributed by atoms with Gasteiger partial charge in [0.1, 0.15) is 0 Å². The highest BCUT2D eigenvalue weighted by Crippen LogP contribution is 2.22. The Morgan fingerprint density at radius 3 is 2.75 bits per heavy atom. The summed E-state index contributed by atoms with van der Waals surface area (Å²) in [5.41, 5.74) is 0.603. The highest BCUT2D eigenvalue weighted by Gasteiger charge is 2.17. The van der Waals surface area contributed by atoms with E-state index in [4.69, 9.17) is 4.74 Å². The smallest absolute Gasteiger partial charge is 0.262 e. The van der Waals surface area contributed by atoms with E-state index in [1.54, 1.807) is 40.3 Å². The summed E-state index contributed by atoms with van der Waals surface area (Å²) in [6.07, 6.45) is 0.621. The Hall–Kier alpha value is -3.31. The van der Waals surface area contributed by atoms with Crippen molar-refractivity contribution in [3.05, 3.63) is 64.5 Å². The fourth-order valence-electron chi connectivity index (χ4n) is 3.30. The van der Waals surface area contributed by atoms with Gasteiger partial charge in [-0.3, -0.25) is 18.6 Å². The van der Waals surface area contributed by atoms with Gasteiger partial charge in [-0.1, -0.05) is 23.9 Å². The molecule has 1 N–H and O–H groups in total. The molecule has 0 aliphatic heterocycles. The third kappa shape index (κ3) is 4.34. The number of thioether (sulfide) groups is 1. The van der Waals surface area contributed by atoms with Crippen molar-refractivity contribution >= 4 is 40.0 Å². The van der Waals surface area contributed by atoms with Gasteiger partial charge in [0.25, 0.3) is 5.56 Å². The van der Waals surface area contributed by atoms with Crippen LogP contribution < -0.4 is 10.9 Å². The molecule has 0 radical (unpaired) electrons. The number of methoxy groups -OCH3 is 1. The summed E-state index contributed by atoms with van der Waals surface area (Å²) in [5, 5.41) is 11.8. The maximum absolute atomic E-state index is 13.4. The van der Waals surface area contributed by atoms with Crippen LogP contribution in [-0.4, -0.2) is 44.5 Å². The summed E-state index contributed by atoms with van der Waals surface area (Å²) in [4.78, 5) is 25.3. The van der Waals surface area contributed by atoms with Crippen molar-refractivity contribution in [1.29, 1.82) is 0 Å². The summed E-state index contributed by atoms with van der Waals surface area (Å²) in [5.74, 6) is -2.13. The Morgan fingerprint density at radius 1 is 1.16 bits per heavy atom. The molecule has 0 spiro atoms. The maximum Gasteiger partial charge on any atom is 0.262 e. The molecule has 0 aliphatic rings. The SMILES string of the molecule is COCCCn1c(=O)c2ccccc2n2c(SCC(=O)Nc3ccc(F)c(F)c3)nnc12. The van der Waals surface area contributed by atoms with Crippen LogP contribution in [0.5, 0.6) is 0 Å². The van der Waals surface area contributed by atoms with Gasteiger partial charge in [-0.25, -0.2) is 8.78 Å². The number of anilines is 1. The van der Waals surface area contributed by atoms with Gasteiger partial charge in [-0.2, -0.15) is 0 Å². The fourth-order valence-corrected chi connectivity index (χ4v) is 4.04. The number of ether oxygens (including phenoxy) is 1. The molecular formula is C21H19F2N5O3S. The lowest BCUT2D eigenvalue weighted by molar-refractivity contribution is -0.113. The van der Waals surface area contributed by atoms with Crippen molar-refractivity contribution in [2.45, 2.75) is 18.1 Å². The van der Waals surface area contributed by atoms with Gasteiger partial charge in [0.05, 0.1) is 16.7 Å². The first-order valence-electron chi connectivity index (χ1n) is 9.73. The Morgan fingerprint density at radius 2 is 1.97 bits per heavy atom. The minimum atomic E-state index is -1.04. The molecule has 11 heteroatoms. The summed E-state index contributed by atoms with van der Waals surface area (Å²) in [6.45, 7) is 0.895. The number of hydrogen-bond donors (Lipinski definition) is 1. The second kappa shape index (κ2) is 9.45. The van der Waals surface area contributed by atoms with E-state index in [0.717, 1.165) is 23.9 Å². The average molecular weight is 459 g/mol. The number of rotatable bonds is 8. The molecule has 2 aromatic carbocycles. The zero-order valence-electron chi connectivity index (χ0n) is 17.0. The molecule has 2 heterocycles. The first kappa shape index (κ1) is 21.9. The molecule has 1 amide bonds. The van der Waals surface area contributed by atoms with Crippen LogP contribution in [-0.2, 0) is 16.1 Å². The molecule has 166 valence electrons. The third-order valence-electron chi connectivity index (χ3n) is 4.74. The lowest BCUT2D eigenvalue weighted by Crippen LogP contribution is -2.24. The lowest BCUT2D eigenvalue weighted by atomic mass is 10.2. The van der Waals surface area contributed by atoms with Crippen LogP contribution in [0, 0.1) is 11.6 Å². The van der Waals surface area contributed by atoms with Gasteiger partial charge in [0, 0.05) is 32.0 Å². The first-order valence-corrected chi connectivity index (χ1v) is 10.7. The van der Waals surface area contributed by atoms with Crippen molar-refractivity contribution in [2.24, 2.45) is 0 Å². The molecule has 0 unspecified atom stereocenters. The standard InChI is InChI=1S/C21H19F2N5O3S/c1-31-10-4-9-27-19(30)14-5-2-3-6-17(14)28-20(27)25-26-21(28)32-12-18(29)24-13-7-8-15(22)16(23)11-13/h2-3,5-8,11H,4,9-10,12H2,1H3,(H,24,29). The quantitative estimate of drug-likeness (QED) is 0.322. The number of halogens is 2. The maximum atomic E-state index is 13.4. The van der Waals surface area contributed by atoms with Crippen LogP contribution in [0.2, 0.25) is 0 Å². The van der Waals surface area contributed by atoms with Gasteiger partial charge in [-0.05, 0) is 30.7 Å². The Balaban J connectivity index is 1.62. The van der Waals surface area contributed by atoms with Crippen LogP contribution in [0.25, 0.3) is 16.7 Å². The van der Waals surface area contributed by atoms with Gasteiger partial charge in [-0.15, -0.1) is 10.2 Å². The summed E-state index contributed by atoms with van der Waals surface area (Å²) in [7, 11) is 1.59. The van der Waals surface area contributed by atoms with Crippen LogP contribution in [0.3, 0.4) is 0 Å². The van der Waals surface area contributed by atoms with E-state index >= 15 is 0 Å². The highest BCUT2D eigenvalue weighted by atomic mass is 32.2. The zero-order valence-corrected chi connectivity index (χ0v) is 17.9. The summed E-state index contributed by atoms with van der Waals surface area (Å²) < 4.78 is 34.8. The number of carbonyl (C=O) groups excluding carboxylic acids is 1. The fraction of sp³-hybridized carbons (Fsp3) is 0.238. The van der Waals surface area contributed by atoms with E-state index in [2.05, 4.69) is 15.5 Å². The Kier molecular flexibility index (Phi) is 6.47. The molecule has 4 rings (SSSR count). The van der Waals surface area contributed by atoms with E-state index in [1.165, 1.54) is 6.07 Å². The van der Waals surface area contributed by atoms with E-state index in [0.29, 0.717) is 41.4 Å². The van der Waals surface area contributed by atoms with Crippen molar-refractivity contribution in [3.63, 3.8) is 0 Å². The molecule has 0 saturated carbocycles. The second-order valence-electron chi connectivity index (χ2n) is 6.90. The Labute approximate surface area is 185 Å². The predicted molar refractivity (Wildman–Crippen MR) is 117 cm³/mol. The van der Waals surface area contributed by atoms with Crippen molar-refractivity contribution in [3.8, 4) is 0 Å². The van der Waals surface area contributed by atoms with Gasteiger partial charge in [0.2, 0.25) is 11.7 Å². The number of aryl methyl sites for hydroxylation is 1. The second-order valence-corrected chi connectivity index (χ2v) is 7.85. The molecule has 0 aliphatic carbocycles. The molecule has 0 saturated heterocycles. The van der Waals surface area contributed by atoms with Gasteiger partial charge >= 0.3 is 0 Å². The van der Waals surface area contributed by atoms with E-state index in [1.807, 2.05) is 0 Å². The Bertz CT molecular complexity index is 1350. The van der Waals surface area contributed by atoms with Crippen LogP contribution in [0.15, 0.2) is 52.4 Å². The number of carbonyl (C=O) groups is 1. The topological polar surface area (TPSA) is 90.5 Å². The molecule has 2 aromatic heterocycles. The molecule has 4 aromatic rings. The average Bonchev–Trinajstić information content (AvgIpc) is 3.21. The molecule has 8 nitrogen and oxygen atoms in total. The van der Waals surface area contributed by atoms with E-state index in [-0.39, 0.29) is 17.0 Å². The monoisotopic (exact) mass is 459 g/mol. The summed E-state index contributed by atoms with van der Waals surface area (Å²) >= 11 is 1.12. The van der Waals surface area contributed by atoms with E-state index < -0.39 is 17.5 Å². The zero-order chi connectivity index (χ0) is 22.7. The molecule has 32 heavy (non-hydrogen) atoms. The number of para-hydroxylation sites is 1. The van der Waals surface area contributed by atoms with Crippen LogP contribution in [0.1, 0.15) is 6.42 Å². The molecular weight excluding hydrogens is 440 g/mol. The minimum Gasteiger partial charge on any atom is -0.385 e. The van der Waals surface area contributed by atoms with Crippen molar-refractivity contribution in [1.82, 2.24) is 19.2 Å². The third-order valence-corrected chi connectivity index (χ3v) is 5.67. The first-order chi connectivity index (χ1) is 15.5. The van der Waals surface area contributed by atoms with Gasteiger partial charge in [0.15, 0.2) is 16.8 Å². The highest BCUT2D eigenvalue weighted by molar-refractivity contribution is 7.99. The lowest BCUT2D eigenvalue weighted by Gasteiger charge is -2.11. The number of aromatic nitrogens is 4. The number of nitrogens with one attached hydrogen (secondary N) is 1. The number of nitrogens with zero attached hydrogens (tertiary/aromatic N) is 4. The number of amides is 1. The van der Waals surface area contributed by atoms with Crippen molar-refractivity contribution < 1.29 is 18.3 Å².